The standard InChI is InChI=1S/C22H27N5OS/c1-6-7-17-13(4)10-15(11-23-17)19-16-8-9-18-21(20(16)27(26-19)12(2)3)29-22(25-18)24-14(5)28/h10-12H,6-9H2,1-5H3,(H,24,25,28). The first kappa shape index (κ1) is 19.8. The number of carbonyl (C=O) groups excluding carboxylic acids is 1. The summed E-state index contributed by atoms with van der Waals surface area (Å²) in [5, 5.41) is 8.51. The number of pyridine rings is 1. The molecule has 0 bridgehead atoms. The fourth-order valence-electron chi connectivity index (χ4n) is 3.94. The van der Waals surface area contributed by atoms with E-state index in [2.05, 4.69) is 48.7 Å². The van der Waals surface area contributed by atoms with Crippen LogP contribution in [0.2, 0.25) is 0 Å². The van der Waals surface area contributed by atoms with Crippen molar-refractivity contribution in [3.63, 3.8) is 0 Å². The molecule has 152 valence electrons. The zero-order valence-electron chi connectivity index (χ0n) is 17.7. The highest BCUT2D eigenvalue weighted by Gasteiger charge is 2.30. The monoisotopic (exact) mass is 409 g/mol. The molecule has 0 radical (unpaired) electrons. The Labute approximate surface area is 175 Å². The molecule has 3 aromatic rings. The molecule has 0 aromatic carbocycles. The second-order valence-electron chi connectivity index (χ2n) is 7.93. The maximum Gasteiger partial charge on any atom is 0.223 e. The van der Waals surface area contributed by atoms with E-state index in [1.54, 1.807) is 0 Å². The Hall–Kier alpha value is -2.54. The van der Waals surface area contributed by atoms with Gasteiger partial charge in [0.2, 0.25) is 5.91 Å². The van der Waals surface area contributed by atoms with Crippen LogP contribution in [-0.4, -0.2) is 25.7 Å². The van der Waals surface area contributed by atoms with Gasteiger partial charge in [0.25, 0.3) is 0 Å². The second-order valence-corrected chi connectivity index (χ2v) is 8.93. The zero-order valence-corrected chi connectivity index (χ0v) is 18.5. The van der Waals surface area contributed by atoms with Crippen LogP contribution in [0.3, 0.4) is 0 Å². The maximum atomic E-state index is 11.5. The number of amides is 1. The molecule has 0 saturated carbocycles. The number of thiazole rings is 1. The number of aryl methyl sites for hydroxylation is 3. The van der Waals surface area contributed by atoms with E-state index in [9.17, 15) is 4.79 Å². The summed E-state index contributed by atoms with van der Waals surface area (Å²) in [6.45, 7) is 10.1. The van der Waals surface area contributed by atoms with Crippen molar-refractivity contribution in [1.82, 2.24) is 19.7 Å². The number of nitrogens with one attached hydrogen (secondary N) is 1. The largest absolute Gasteiger partial charge is 0.302 e. The van der Waals surface area contributed by atoms with Gasteiger partial charge in [0.05, 0.1) is 22.0 Å². The lowest BCUT2D eigenvalue weighted by Crippen LogP contribution is -2.09. The third-order valence-corrected chi connectivity index (χ3v) is 6.27. The van der Waals surface area contributed by atoms with E-state index >= 15 is 0 Å². The van der Waals surface area contributed by atoms with Gasteiger partial charge >= 0.3 is 0 Å². The minimum atomic E-state index is -0.0944. The smallest absolute Gasteiger partial charge is 0.223 e. The molecule has 3 heterocycles. The average molecular weight is 410 g/mol. The molecule has 6 nitrogen and oxygen atoms in total. The molecule has 0 atom stereocenters. The Morgan fingerprint density at radius 1 is 1.34 bits per heavy atom. The summed E-state index contributed by atoms with van der Waals surface area (Å²) >= 11 is 1.54. The fraction of sp³-hybridized carbons (Fsp3) is 0.455. The van der Waals surface area contributed by atoms with Gasteiger partial charge in [-0.3, -0.25) is 14.5 Å². The van der Waals surface area contributed by atoms with Crippen LogP contribution < -0.4 is 5.32 Å². The molecular weight excluding hydrogens is 382 g/mol. The number of fused-ring (bicyclic) bond motifs is 3. The van der Waals surface area contributed by atoms with Crippen LogP contribution in [0, 0.1) is 6.92 Å². The van der Waals surface area contributed by atoms with E-state index in [0.29, 0.717) is 5.13 Å². The number of rotatable bonds is 5. The van der Waals surface area contributed by atoms with Crippen molar-refractivity contribution in [2.24, 2.45) is 0 Å². The molecule has 1 aliphatic rings. The predicted octanol–water partition coefficient (Wildman–Crippen LogP) is 4.97. The van der Waals surface area contributed by atoms with Crippen molar-refractivity contribution in [1.29, 1.82) is 0 Å². The lowest BCUT2D eigenvalue weighted by atomic mass is 9.94. The van der Waals surface area contributed by atoms with Gasteiger partial charge in [-0.15, -0.1) is 0 Å². The van der Waals surface area contributed by atoms with E-state index < -0.39 is 0 Å². The van der Waals surface area contributed by atoms with Crippen molar-refractivity contribution in [3.8, 4) is 21.8 Å². The van der Waals surface area contributed by atoms with Gasteiger partial charge < -0.3 is 5.32 Å². The van der Waals surface area contributed by atoms with Crippen LogP contribution >= 0.6 is 11.3 Å². The first-order valence-electron chi connectivity index (χ1n) is 10.2. The van der Waals surface area contributed by atoms with E-state index in [1.165, 1.54) is 29.4 Å². The summed E-state index contributed by atoms with van der Waals surface area (Å²) in [6.07, 6.45) is 5.81. The Morgan fingerprint density at radius 3 is 2.79 bits per heavy atom. The molecular formula is C22H27N5OS. The van der Waals surface area contributed by atoms with Crippen LogP contribution in [-0.2, 0) is 24.1 Å². The van der Waals surface area contributed by atoms with Crippen LogP contribution in [0.25, 0.3) is 21.8 Å². The zero-order chi connectivity index (χ0) is 20.7. The van der Waals surface area contributed by atoms with Crippen molar-refractivity contribution in [2.45, 2.75) is 66.3 Å². The molecule has 1 N–H and O–H groups in total. The molecule has 0 fully saturated rings. The predicted molar refractivity (Wildman–Crippen MR) is 117 cm³/mol. The molecule has 4 rings (SSSR count). The maximum absolute atomic E-state index is 11.5. The van der Waals surface area contributed by atoms with E-state index in [0.717, 1.165) is 58.9 Å². The Kier molecular flexibility index (Phi) is 5.25. The first-order chi connectivity index (χ1) is 13.9. The minimum Gasteiger partial charge on any atom is -0.302 e. The van der Waals surface area contributed by atoms with Crippen molar-refractivity contribution >= 4 is 22.4 Å². The molecule has 7 heteroatoms. The Bertz CT molecular complexity index is 1080. The van der Waals surface area contributed by atoms with Crippen LogP contribution in [0.4, 0.5) is 5.13 Å². The number of aromatic nitrogens is 4. The lowest BCUT2D eigenvalue weighted by Gasteiger charge is -2.16. The number of anilines is 1. The summed E-state index contributed by atoms with van der Waals surface area (Å²) < 4.78 is 2.10. The average Bonchev–Trinajstić information content (AvgIpc) is 3.23. The number of nitrogens with zero attached hydrogens (tertiary/aromatic N) is 4. The molecule has 1 aliphatic carbocycles. The van der Waals surface area contributed by atoms with Crippen LogP contribution in [0.1, 0.15) is 62.7 Å². The SMILES string of the molecule is CCCc1ncc(-c2nn(C(C)C)c3c2CCc2nc(NC(C)=O)sc2-3)cc1C. The summed E-state index contributed by atoms with van der Waals surface area (Å²) in [7, 11) is 0. The van der Waals surface area contributed by atoms with Crippen molar-refractivity contribution in [3.05, 3.63) is 34.8 Å². The van der Waals surface area contributed by atoms with Crippen molar-refractivity contribution < 1.29 is 4.79 Å². The number of hydrogen-bond acceptors (Lipinski definition) is 5. The molecule has 0 unspecified atom stereocenters. The van der Waals surface area contributed by atoms with E-state index in [4.69, 9.17) is 10.1 Å². The van der Waals surface area contributed by atoms with Gasteiger partial charge in [-0.2, -0.15) is 5.10 Å². The lowest BCUT2D eigenvalue weighted by molar-refractivity contribution is -0.114. The first-order valence-corrected chi connectivity index (χ1v) is 11.1. The summed E-state index contributed by atoms with van der Waals surface area (Å²) in [6, 6.07) is 2.44. The van der Waals surface area contributed by atoms with Gasteiger partial charge in [0, 0.05) is 36.0 Å². The molecule has 1 amide bonds. The van der Waals surface area contributed by atoms with Gasteiger partial charge in [0.1, 0.15) is 0 Å². The second kappa shape index (κ2) is 7.71. The molecule has 3 aromatic heterocycles. The number of carbonyl (C=O) groups is 1. The highest BCUT2D eigenvalue weighted by molar-refractivity contribution is 7.19. The molecule has 0 spiro atoms. The van der Waals surface area contributed by atoms with Crippen LogP contribution in [0.5, 0.6) is 0 Å². The summed E-state index contributed by atoms with van der Waals surface area (Å²) in [4.78, 5) is 22.0. The fourth-order valence-corrected chi connectivity index (χ4v) is 5.06. The molecule has 0 aliphatic heterocycles. The Balaban J connectivity index is 1.84. The minimum absolute atomic E-state index is 0.0944. The van der Waals surface area contributed by atoms with E-state index in [1.807, 2.05) is 6.20 Å². The van der Waals surface area contributed by atoms with Gasteiger partial charge in [-0.1, -0.05) is 24.7 Å². The molecule has 0 saturated heterocycles. The van der Waals surface area contributed by atoms with Gasteiger partial charge in [-0.05, 0) is 51.7 Å². The number of hydrogen-bond donors (Lipinski definition) is 1. The normalized spacial score (nSPS) is 12.8. The highest BCUT2D eigenvalue weighted by Crippen LogP contribution is 2.44. The topological polar surface area (TPSA) is 72.7 Å². The van der Waals surface area contributed by atoms with E-state index in [-0.39, 0.29) is 11.9 Å². The summed E-state index contributed by atoms with van der Waals surface area (Å²) in [5.41, 5.74) is 7.93. The van der Waals surface area contributed by atoms with Crippen LogP contribution in [0.15, 0.2) is 12.3 Å². The third kappa shape index (κ3) is 3.59. The van der Waals surface area contributed by atoms with Gasteiger partial charge in [-0.25, -0.2) is 4.98 Å². The van der Waals surface area contributed by atoms with Crippen molar-refractivity contribution in [2.75, 3.05) is 5.32 Å². The molecule has 29 heavy (non-hydrogen) atoms. The van der Waals surface area contributed by atoms with Gasteiger partial charge in [0.15, 0.2) is 5.13 Å². The Morgan fingerprint density at radius 2 is 2.14 bits per heavy atom. The summed E-state index contributed by atoms with van der Waals surface area (Å²) in [5.74, 6) is -0.0944. The quantitative estimate of drug-likeness (QED) is 0.646. The third-order valence-electron chi connectivity index (χ3n) is 5.25. The highest BCUT2D eigenvalue weighted by atomic mass is 32.1.